The van der Waals surface area contributed by atoms with Crippen LogP contribution in [0.25, 0.3) is 10.9 Å². The topological polar surface area (TPSA) is 97.7 Å². The maximum atomic E-state index is 13.3. The predicted molar refractivity (Wildman–Crippen MR) is 133 cm³/mol. The van der Waals surface area contributed by atoms with E-state index < -0.39 is 21.4 Å². The number of nitrogens with one attached hydrogen (secondary N) is 1. The number of ether oxygens (including phenoxy) is 1. The molecule has 180 valence electrons. The summed E-state index contributed by atoms with van der Waals surface area (Å²) >= 11 is 0. The lowest BCUT2D eigenvalue weighted by atomic mass is 10.1. The Morgan fingerprint density at radius 1 is 1.18 bits per heavy atom. The van der Waals surface area contributed by atoms with E-state index in [1.165, 1.54) is 22.6 Å². The summed E-state index contributed by atoms with van der Waals surface area (Å²) in [5.41, 5.74) is 0.661. The molecule has 3 aromatic rings. The molecule has 0 spiro atoms. The largest absolute Gasteiger partial charge is 0.496 e. The Morgan fingerprint density at radius 2 is 1.88 bits per heavy atom. The predicted octanol–water partition coefficient (Wildman–Crippen LogP) is 3.16. The van der Waals surface area contributed by atoms with Gasteiger partial charge in [-0.05, 0) is 24.3 Å². The summed E-state index contributed by atoms with van der Waals surface area (Å²) in [6, 6.07) is 11.7. The van der Waals surface area contributed by atoms with Crippen molar-refractivity contribution < 1.29 is 17.9 Å². The van der Waals surface area contributed by atoms with Crippen LogP contribution in [0, 0.1) is 0 Å². The zero-order chi connectivity index (χ0) is 24.9. The molecule has 34 heavy (non-hydrogen) atoms. The van der Waals surface area contributed by atoms with E-state index in [9.17, 15) is 18.0 Å². The second kappa shape index (κ2) is 10.7. The van der Waals surface area contributed by atoms with Gasteiger partial charge < -0.3 is 14.6 Å². The Kier molecular flexibility index (Phi) is 7.90. The highest BCUT2D eigenvalue weighted by Crippen LogP contribution is 2.21. The Labute approximate surface area is 199 Å². The van der Waals surface area contributed by atoms with E-state index in [0.29, 0.717) is 30.9 Å². The summed E-state index contributed by atoms with van der Waals surface area (Å²) in [6.07, 6.45) is 3.11. The number of nitrogens with zero attached hydrogens (tertiary/aromatic N) is 2. The Morgan fingerprint density at radius 3 is 2.53 bits per heavy atom. The smallest absolute Gasteiger partial charge is 0.257 e. The Hall–Kier alpha value is -3.43. The summed E-state index contributed by atoms with van der Waals surface area (Å²) in [5, 5.41) is 2.91. The van der Waals surface area contributed by atoms with Crippen molar-refractivity contribution in [3.8, 4) is 5.75 Å². The van der Waals surface area contributed by atoms with Gasteiger partial charge in [0.15, 0.2) is 0 Å². The van der Waals surface area contributed by atoms with Gasteiger partial charge in [-0.15, -0.1) is 6.58 Å². The van der Waals surface area contributed by atoms with Crippen LogP contribution in [0.4, 0.5) is 0 Å². The second-order valence-corrected chi connectivity index (χ2v) is 9.51. The molecular formula is C25H29N3O5S. The van der Waals surface area contributed by atoms with E-state index >= 15 is 0 Å². The molecule has 9 heteroatoms. The highest BCUT2D eigenvalue weighted by molar-refractivity contribution is 7.89. The highest BCUT2D eigenvalue weighted by atomic mass is 32.2. The first kappa shape index (κ1) is 25.2. The van der Waals surface area contributed by atoms with E-state index in [1.54, 1.807) is 43.7 Å². The van der Waals surface area contributed by atoms with Crippen molar-refractivity contribution >= 4 is 26.8 Å². The number of carbonyl (C=O) groups excluding carboxylic acids is 1. The number of pyridine rings is 1. The maximum absolute atomic E-state index is 13.3. The minimum atomic E-state index is -3.77. The fourth-order valence-corrected chi connectivity index (χ4v) is 5.31. The minimum absolute atomic E-state index is 0.0116. The van der Waals surface area contributed by atoms with E-state index in [2.05, 4.69) is 11.9 Å². The lowest BCUT2D eigenvalue weighted by molar-refractivity contribution is 0.0949. The van der Waals surface area contributed by atoms with Gasteiger partial charge in [-0.1, -0.05) is 38.1 Å². The van der Waals surface area contributed by atoms with Crippen LogP contribution in [-0.2, 0) is 23.1 Å². The molecule has 0 fully saturated rings. The molecule has 0 unspecified atom stereocenters. The molecule has 1 N–H and O–H groups in total. The number of sulfonamides is 1. The van der Waals surface area contributed by atoms with Gasteiger partial charge >= 0.3 is 0 Å². The number of hydrogen-bond donors (Lipinski definition) is 1. The second-order valence-electron chi connectivity index (χ2n) is 7.58. The number of para-hydroxylation sites is 1. The van der Waals surface area contributed by atoms with Crippen LogP contribution < -0.4 is 15.5 Å². The molecular weight excluding hydrogens is 454 g/mol. The molecule has 0 radical (unpaired) electrons. The normalized spacial score (nSPS) is 11.5. The van der Waals surface area contributed by atoms with Gasteiger partial charge in [0.2, 0.25) is 15.5 Å². The van der Waals surface area contributed by atoms with Crippen molar-refractivity contribution in [3.63, 3.8) is 0 Å². The van der Waals surface area contributed by atoms with Crippen molar-refractivity contribution in [1.82, 2.24) is 14.2 Å². The van der Waals surface area contributed by atoms with Crippen molar-refractivity contribution in [1.29, 1.82) is 0 Å². The molecule has 0 bridgehead atoms. The lowest BCUT2D eigenvalue weighted by Crippen LogP contribution is -2.31. The maximum Gasteiger partial charge on any atom is 0.257 e. The van der Waals surface area contributed by atoms with E-state index in [4.69, 9.17) is 4.74 Å². The molecule has 0 aliphatic carbocycles. The number of allylic oxidation sites excluding steroid dienone is 1. The molecule has 1 amide bonds. The lowest BCUT2D eigenvalue weighted by Gasteiger charge is -2.19. The van der Waals surface area contributed by atoms with Crippen molar-refractivity contribution in [2.75, 3.05) is 20.2 Å². The number of rotatable bonds is 10. The van der Waals surface area contributed by atoms with Gasteiger partial charge in [-0.3, -0.25) is 9.59 Å². The number of fused-ring (bicyclic) bond motifs is 1. The molecule has 1 heterocycles. The van der Waals surface area contributed by atoms with Crippen LogP contribution in [0.2, 0.25) is 0 Å². The van der Waals surface area contributed by atoms with Crippen LogP contribution in [-0.4, -0.2) is 43.4 Å². The van der Waals surface area contributed by atoms with Gasteiger partial charge in [0.05, 0.1) is 17.5 Å². The summed E-state index contributed by atoms with van der Waals surface area (Å²) < 4.78 is 34.3. The average molecular weight is 484 g/mol. The number of aromatic nitrogens is 1. The molecule has 0 atom stereocenters. The first-order valence-corrected chi connectivity index (χ1v) is 12.4. The van der Waals surface area contributed by atoms with Crippen molar-refractivity contribution in [3.05, 3.63) is 82.7 Å². The SMILES string of the molecule is C=CCn1cc(C(=O)NCc2ccccc2OC)c(=O)c2cc(S(=O)(=O)N(CC)CC)ccc21. The van der Waals surface area contributed by atoms with Crippen molar-refractivity contribution in [2.24, 2.45) is 0 Å². The number of methoxy groups -OCH3 is 1. The number of benzene rings is 2. The van der Waals surface area contributed by atoms with Crippen LogP contribution >= 0.6 is 0 Å². The van der Waals surface area contributed by atoms with Crippen LogP contribution in [0.3, 0.4) is 0 Å². The quantitative estimate of drug-likeness (QED) is 0.447. The van der Waals surface area contributed by atoms with Gasteiger partial charge in [0.1, 0.15) is 11.3 Å². The highest BCUT2D eigenvalue weighted by Gasteiger charge is 2.23. The molecule has 0 saturated carbocycles. The van der Waals surface area contributed by atoms with E-state index in [1.807, 2.05) is 18.2 Å². The van der Waals surface area contributed by atoms with Crippen LogP contribution in [0.1, 0.15) is 29.8 Å². The first-order chi connectivity index (χ1) is 16.3. The average Bonchev–Trinajstić information content (AvgIpc) is 2.84. The van der Waals surface area contributed by atoms with Gasteiger partial charge in [-0.2, -0.15) is 4.31 Å². The number of amides is 1. The summed E-state index contributed by atoms with van der Waals surface area (Å²) in [4.78, 5) is 26.3. The fourth-order valence-electron chi connectivity index (χ4n) is 3.82. The molecule has 1 aromatic heterocycles. The third kappa shape index (κ3) is 4.90. The molecule has 8 nitrogen and oxygen atoms in total. The van der Waals surface area contributed by atoms with Gasteiger partial charge in [0.25, 0.3) is 5.91 Å². The third-order valence-electron chi connectivity index (χ3n) is 5.60. The number of carbonyl (C=O) groups is 1. The first-order valence-electron chi connectivity index (χ1n) is 11.0. The molecule has 0 saturated heterocycles. The van der Waals surface area contributed by atoms with Gasteiger partial charge in [-0.25, -0.2) is 8.42 Å². The minimum Gasteiger partial charge on any atom is -0.496 e. The fraction of sp³-hybridized carbons (Fsp3) is 0.280. The standard InChI is InChI=1S/C25H29N3O5S/c1-5-14-27-17-21(25(30)26-16-18-10-8-9-11-23(18)33-4)24(29)20-15-19(12-13-22(20)27)34(31,32)28(6-2)7-3/h5,8-13,15,17H,1,6-7,14,16H2,2-4H3,(H,26,30). The summed E-state index contributed by atoms with van der Waals surface area (Å²) in [7, 11) is -2.23. The van der Waals surface area contributed by atoms with Crippen LogP contribution in [0.5, 0.6) is 5.75 Å². The molecule has 0 aliphatic heterocycles. The Balaban J connectivity index is 2.08. The summed E-state index contributed by atoms with van der Waals surface area (Å²) in [5.74, 6) is 0.0595. The van der Waals surface area contributed by atoms with Crippen LogP contribution in [0.15, 0.2) is 71.0 Å². The Bertz CT molecular complexity index is 1380. The molecule has 3 rings (SSSR count). The van der Waals surface area contributed by atoms with E-state index in [0.717, 1.165) is 5.56 Å². The zero-order valence-electron chi connectivity index (χ0n) is 19.6. The van der Waals surface area contributed by atoms with Gasteiger partial charge in [0, 0.05) is 43.3 Å². The monoisotopic (exact) mass is 483 g/mol. The van der Waals surface area contributed by atoms with E-state index in [-0.39, 0.29) is 22.4 Å². The zero-order valence-corrected chi connectivity index (χ0v) is 20.4. The molecule has 0 aliphatic rings. The van der Waals surface area contributed by atoms with Crippen molar-refractivity contribution in [2.45, 2.75) is 31.8 Å². The third-order valence-corrected chi connectivity index (χ3v) is 7.64. The number of hydrogen-bond acceptors (Lipinski definition) is 5. The summed E-state index contributed by atoms with van der Waals surface area (Å²) in [6.45, 7) is 8.37. The molecule has 2 aromatic carbocycles.